The van der Waals surface area contributed by atoms with E-state index >= 15 is 0 Å². The molecule has 2 saturated heterocycles. The van der Waals surface area contributed by atoms with Crippen molar-refractivity contribution in [3.05, 3.63) is 29.8 Å². The number of hydrazine groups is 1. The van der Waals surface area contributed by atoms with Gasteiger partial charge in [0.2, 0.25) is 11.8 Å². The van der Waals surface area contributed by atoms with E-state index in [1.54, 1.807) is 4.90 Å². The molecule has 8 heteroatoms. The third kappa shape index (κ3) is 3.71. The highest BCUT2D eigenvalue weighted by molar-refractivity contribution is 5.98. The molecule has 3 atom stereocenters. The first-order chi connectivity index (χ1) is 12.2. The largest absolute Gasteiger partial charge is 0.346 e. The van der Waals surface area contributed by atoms with Crippen molar-refractivity contribution in [2.75, 3.05) is 31.1 Å². The maximum atomic E-state index is 12.6. The number of amides is 2. The van der Waals surface area contributed by atoms with Crippen molar-refractivity contribution in [3.63, 3.8) is 0 Å². The number of carbonyl (C=O) groups excluding carboxylic acids is 2. The molecule has 3 unspecified atom stereocenters. The van der Waals surface area contributed by atoms with E-state index in [4.69, 9.17) is 0 Å². The first kappa shape index (κ1) is 19.1. The van der Waals surface area contributed by atoms with Crippen LogP contribution in [0.15, 0.2) is 24.3 Å². The number of fused-ring (bicyclic) bond motifs is 2. The molecule has 0 spiro atoms. The average Bonchev–Trinajstić information content (AvgIpc) is 3.09. The van der Waals surface area contributed by atoms with Crippen LogP contribution >= 0.6 is 12.4 Å². The molecule has 0 aliphatic carbocycles. The molecule has 7 nitrogen and oxygen atoms in total. The Hall–Kier alpha value is -1.67. The number of hydrogen-bond acceptors (Lipinski definition) is 5. The topological polar surface area (TPSA) is 85.5 Å². The number of para-hydroxylation sites is 1. The Bertz CT molecular complexity index is 671. The minimum Gasteiger partial charge on any atom is -0.346 e. The molecule has 0 radical (unpaired) electrons. The molecule has 4 rings (SSSR count). The quantitative estimate of drug-likeness (QED) is 0.592. The van der Waals surface area contributed by atoms with Crippen LogP contribution in [0.4, 0.5) is 5.69 Å². The highest BCUT2D eigenvalue weighted by atomic mass is 35.5. The fourth-order valence-corrected chi connectivity index (χ4v) is 4.14. The predicted octanol–water partition coefficient (Wildman–Crippen LogP) is -0.0417. The molecule has 4 N–H and O–H groups in total. The maximum absolute atomic E-state index is 12.6. The number of benzene rings is 1. The molecule has 0 aromatic heterocycles. The van der Waals surface area contributed by atoms with Crippen molar-refractivity contribution in [1.82, 2.24) is 21.5 Å². The van der Waals surface area contributed by atoms with Gasteiger partial charge in [0.1, 0.15) is 6.04 Å². The lowest BCUT2D eigenvalue weighted by Gasteiger charge is -2.30. The summed E-state index contributed by atoms with van der Waals surface area (Å²) in [4.78, 5) is 26.9. The summed E-state index contributed by atoms with van der Waals surface area (Å²) in [5, 5.41) is 6.16. The van der Waals surface area contributed by atoms with Crippen LogP contribution < -0.4 is 26.4 Å². The van der Waals surface area contributed by atoms with Gasteiger partial charge in [-0.05, 0) is 37.4 Å². The zero-order chi connectivity index (χ0) is 17.2. The van der Waals surface area contributed by atoms with Gasteiger partial charge in [0.15, 0.2) is 0 Å². The van der Waals surface area contributed by atoms with Crippen LogP contribution in [0.2, 0.25) is 0 Å². The van der Waals surface area contributed by atoms with Crippen LogP contribution in [0.25, 0.3) is 0 Å². The fourth-order valence-electron chi connectivity index (χ4n) is 4.14. The predicted molar refractivity (Wildman–Crippen MR) is 102 cm³/mol. The smallest absolute Gasteiger partial charge is 0.246 e. The lowest BCUT2D eigenvalue weighted by atomic mass is 9.89. The molecule has 2 amide bonds. The molecule has 3 heterocycles. The number of nitrogens with one attached hydrogen (secondary N) is 4. The molecule has 2 fully saturated rings. The first-order valence-electron chi connectivity index (χ1n) is 9.12. The van der Waals surface area contributed by atoms with Crippen LogP contribution in [-0.4, -0.2) is 50.1 Å². The minimum absolute atomic E-state index is 0. The first-order valence-corrected chi connectivity index (χ1v) is 9.12. The number of hydrogen-bond donors (Lipinski definition) is 4. The molecule has 0 saturated carbocycles. The van der Waals surface area contributed by atoms with Gasteiger partial charge in [-0.2, -0.15) is 0 Å². The van der Waals surface area contributed by atoms with Crippen molar-refractivity contribution in [2.24, 2.45) is 5.92 Å². The van der Waals surface area contributed by atoms with E-state index in [-0.39, 0.29) is 42.7 Å². The number of anilines is 1. The Balaban J connectivity index is 0.00000196. The summed E-state index contributed by atoms with van der Waals surface area (Å²) in [6.07, 6.45) is 2.96. The number of rotatable bonds is 3. The molecule has 0 bridgehead atoms. The number of aryl methyl sites for hydroxylation is 1. The molecule has 1 aromatic rings. The summed E-state index contributed by atoms with van der Waals surface area (Å²) in [6, 6.07) is 8.03. The van der Waals surface area contributed by atoms with E-state index in [0.717, 1.165) is 38.0 Å². The average molecular weight is 380 g/mol. The van der Waals surface area contributed by atoms with Crippen molar-refractivity contribution in [1.29, 1.82) is 0 Å². The summed E-state index contributed by atoms with van der Waals surface area (Å²) < 4.78 is 0. The van der Waals surface area contributed by atoms with E-state index in [9.17, 15) is 9.59 Å². The Morgan fingerprint density at radius 1 is 1.23 bits per heavy atom. The second kappa shape index (κ2) is 8.35. The van der Waals surface area contributed by atoms with E-state index in [0.29, 0.717) is 12.6 Å². The number of halogens is 1. The van der Waals surface area contributed by atoms with Crippen molar-refractivity contribution >= 4 is 29.9 Å². The van der Waals surface area contributed by atoms with Crippen LogP contribution in [-0.2, 0) is 16.0 Å². The Labute approximate surface area is 159 Å². The van der Waals surface area contributed by atoms with Crippen molar-refractivity contribution < 1.29 is 9.59 Å². The van der Waals surface area contributed by atoms with E-state index in [1.165, 1.54) is 5.56 Å². The molecular formula is C18H26ClN5O2. The van der Waals surface area contributed by atoms with Gasteiger partial charge in [0, 0.05) is 30.7 Å². The maximum Gasteiger partial charge on any atom is 0.246 e. The lowest BCUT2D eigenvalue weighted by molar-refractivity contribution is -0.127. The zero-order valence-electron chi connectivity index (χ0n) is 14.7. The second-order valence-corrected chi connectivity index (χ2v) is 7.02. The fraction of sp³-hybridized carbons (Fsp3) is 0.556. The third-order valence-corrected chi connectivity index (χ3v) is 5.49. The highest BCUT2D eigenvalue weighted by Crippen LogP contribution is 2.26. The van der Waals surface area contributed by atoms with Crippen LogP contribution in [0, 0.1) is 5.92 Å². The molecular weight excluding hydrogens is 354 g/mol. The van der Waals surface area contributed by atoms with Gasteiger partial charge < -0.3 is 15.5 Å². The number of piperidine rings is 1. The SMILES string of the molecule is Cl.O=C(NCC(=O)N1CCCc2ccccc21)C1NNC2CCNCC21. The Morgan fingerprint density at radius 2 is 2.08 bits per heavy atom. The van der Waals surface area contributed by atoms with Gasteiger partial charge in [-0.15, -0.1) is 12.4 Å². The van der Waals surface area contributed by atoms with Crippen LogP contribution in [0.1, 0.15) is 18.4 Å². The minimum atomic E-state index is -0.292. The van der Waals surface area contributed by atoms with Gasteiger partial charge in [-0.25, -0.2) is 5.43 Å². The number of nitrogens with zero attached hydrogens (tertiary/aromatic N) is 1. The third-order valence-electron chi connectivity index (χ3n) is 5.49. The molecule has 3 aliphatic heterocycles. The van der Waals surface area contributed by atoms with Gasteiger partial charge in [0.05, 0.1) is 6.54 Å². The highest BCUT2D eigenvalue weighted by Gasteiger charge is 2.41. The summed E-state index contributed by atoms with van der Waals surface area (Å²) >= 11 is 0. The van der Waals surface area contributed by atoms with Gasteiger partial charge in [-0.3, -0.25) is 15.0 Å². The Morgan fingerprint density at radius 3 is 2.96 bits per heavy atom. The van der Waals surface area contributed by atoms with E-state index in [2.05, 4.69) is 27.6 Å². The zero-order valence-corrected chi connectivity index (χ0v) is 15.5. The normalized spacial score (nSPS) is 27.1. The summed E-state index contributed by atoms with van der Waals surface area (Å²) in [7, 11) is 0. The monoisotopic (exact) mass is 379 g/mol. The number of carbonyl (C=O) groups is 2. The second-order valence-electron chi connectivity index (χ2n) is 7.02. The van der Waals surface area contributed by atoms with Crippen LogP contribution in [0.3, 0.4) is 0 Å². The van der Waals surface area contributed by atoms with Gasteiger partial charge in [-0.1, -0.05) is 18.2 Å². The van der Waals surface area contributed by atoms with Gasteiger partial charge >= 0.3 is 0 Å². The molecule has 1 aromatic carbocycles. The summed E-state index contributed by atoms with van der Waals surface area (Å²) in [6.45, 7) is 2.53. The standard InChI is InChI=1S/C18H25N5O2.ClH/c24-16(23-9-3-5-12-4-1-2-6-15(12)23)11-20-18(25)17-13-10-19-8-7-14(13)21-22-17;/h1-2,4,6,13-14,17,19,21-22H,3,5,7-11H2,(H,20,25);1H. The Kier molecular flexibility index (Phi) is 6.13. The molecule has 142 valence electrons. The van der Waals surface area contributed by atoms with Gasteiger partial charge in [0.25, 0.3) is 0 Å². The molecule has 3 aliphatic rings. The summed E-state index contributed by atoms with van der Waals surface area (Å²) in [5.74, 6) is 0.0617. The lowest BCUT2D eigenvalue weighted by Crippen LogP contribution is -2.51. The van der Waals surface area contributed by atoms with E-state index in [1.807, 2.05) is 18.2 Å². The van der Waals surface area contributed by atoms with E-state index < -0.39 is 0 Å². The summed E-state index contributed by atoms with van der Waals surface area (Å²) in [5.41, 5.74) is 8.47. The van der Waals surface area contributed by atoms with Crippen molar-refractivity contribution in [3.8, 4) is 0 Å². The van der Waals surface area contributed by atoms with Crippen molar-refractivity contribution in [2.45, 2.75) is 31.3 Å². The molecule has 26 heavy (non-hydrogen) atoms. The van der Waals surface area contributed by atoms with Crippen LogP contribution in [0.5, 0.6) is 0 Å².